The average Bonchev–Trinajstić information content (AvgIpc) is 2.75. The molecule has 0 N–H and O–H groups in total. The molecule has 0 unspecified atom stereocenters. The van der Waals surface area contributed by atoms with Crippen molar-refractivity contribution in [1.82, 2.24) is 0 Å². The van der Waals surface area contributed by atoms with Gasteiger partial charge < -0.3 is 9.64 Å². The molecule has 0 radical (unpaired) electrons. The lowest BCUT2D eigenvalue weighted by molar-refractivity contribution is 0.159. The molecule has 0 bridgehead atoms. The fourth-order valence-electron chi connectivity index (χ4n) is 3.94. The number of allylic oxidation sites excluding steroid dienone is 5. The van der Waals surface area contributed by atoms with Gasteiger partial charge in [-0.1, -0.05) is 42.5 Å². The molecule has 2 aliphatic rings. The van der Waals surface area contributed by atoms with Gasteiger partial charge in [-0.3, -0.25) is 4.99 Å². The van der Waals surface area contributed by atoms with E-state index in [0.717, 1.165) is 23.6 Å². The van der Waals surface area contributed by atoms with E-state index in [-0.39, 0.29) is 5.60 Å². The van der Waals surface area contributed by atoms with Gasteiger partial charge in [-0.05, 0) is 79.5 Å². The molecule has 1 aliphatic carbocycles. The Balaban J connectivity index is 1.90. The molecule has 4 rings (SSSR count). The largest absolute Gasteiger partial charge is 0.483 e. The predicted octanol–water partition coefficient (Wildman–Crippen LogP) is 6.33. The summed E-state index contributed by atoms with van der Waals surface area (Å²) in [5.74, 6) is 0.921. The zero-order chi connectivity index (χ0) is 22.0. The Hall–Kier alpha value is -3.33. The minimum Gasteiger partial charge on any atom is -0.483 e. The number of ether oxygens (including phenoxy) is 1. The summed E-state index contributed by atoms with van der Waals surface area (Å²) in [6.07, 6.45) is 12.9. The third-order valence-corrected chi connectivity index (χ3v) is 5.53. The van der Waals surface area contributed by atoms with Crippen molar-refractivity contribution < 1.29 is 4.74 Å². The molecule has 0 saturated heterocycles. The summed E-state index contributed by atoms with van der Waals surface area (Å²) < 4.78 is 6.26. The van der Waals surface area contributed by atoms with Crippen LogP contribution in [-0.4, -0.2) is 32.0 Å². The highest BCUT2D eigenvalue weighted by Gasteiger charge is 2.25. The number of nitrogens with zero attached hydrogens (tertiary/aromatic N) is 2. The Morgan fingerprint density at radius 2 is 1.65 bits per heavy atom. The smallest absolute Gasteiger partial charge is 0.128 e. The Morgan fingerprint density at radius 1 is 0.935 bits per heavy atom. The quantitative estimate of drug-likeness (QED) is 0.589. The molecule has 0 spiro atoms. The number of anilines is 1. The minimum absolute atomic E-state index is 0.303. The standard InChI is InChI=1S/C28H30N2O/c1-6-29-22-14-10-20(11-15-22)27(21-12-16-23(17-13-21)30(4)5)25-8-7-9-26-24(25)18-19-28(2,3)31-26/h7-19H,6H2,1-5H3. The van der Waals surface area contributed by atoms with Crippen molar-refractivity contribution in [2.75, 3.05) is 25.5 Å². The van der Waals surface area contributed by atoms with E-state index in [0.29, 0.717) is 0 Å². The molecular formula is C28H30N2O. The maximum atomic E-state index is 6.26. The number of hydrogen-bond acceptors (Lipinski definition) is 3. The lowest BCUT2D eigenvalue weighted by atomic mass is 9.86. The summed E-state index contributed by atoms with van der Waals surface area (Å²) in [4.78, 5) is 6.64. The number of fused-ring (bicyclic) bond motifs is 1. The third kappa shape index (κ3) is 4.41. The van der Waals surface area contributed by atoms with Gasteiger partial charge in [0.15, 0.2) is 0 Å². The van der Waals surface area contributed by atoms with Crippen molar-refractivity contribution in [2.45, 2.75) is 26.4 Å². The monoisotopic (exact) mass is 410 g/mol. The summed E-state index contributed by atoms with van der Waals surface area (Å²) in [6, 6.07) is 15.1. The lowest BCUT2D eigenvalue weighted by Crippen LogP contribution is -2.27. The summed E-state index contributed by atoms with van der Waals surface area (Å²) >= 11 is 0. The second kappa shape index (κ2) is 8.43. The van der Waals surface area contributed by atoms with Crippen molar-refractivity contribution in [3.05, 3.63) is 95.1 Å². The minimum atomic E-state index is -0.303. The highest BCUT2D eigenvalue weighted by Crippen LogP contribution is 2.39. The van der Waals surface area contributed by atoms with Crippen molar-refractivity contribution in [2.24, 2.45) is 4.99 Å². The van der Waals surface area contributed by atoms with Crippen LogP contribution in [-0.2, 0) is 0 Å². The number of benzene rings is 2. The highest BCUT2D eigenvalue weighted by molar-refractivity contribution is 6.07. The Labute approximate surface area is 185 Å². The lowest BCUT2D eigenvalue weighted by Gasteiger charge is -2.29. The van der Waals surface area contributed by atoms with Crippen LogP contribution in [0.5, 0.6) is 5.75 Å². The third-order valence-electron chi connectivity index (χ3n) is 5.53. The maximum Gasteiger partial charge on any atom is 0.128 e. The van der Waals surface area contributed by atoms with Crippen molar-refractivity contribution in [3.8, 4) is 5.75 Å². The first-order valence-electron chi connectivity index (χ1n) is 10.8. The fraction of sp³-hybridized carbons (Fsp3) is 0.250. The predicted molar refractivity (Wildman–Crippen MR) is 133 cm³/mol. The van der Waals surface area contributed by atoms with Gasteiger partial charge >= 0.3 is 0 Å². The first kappa shape index (κ1) is 20.9. The van der Waals surface area contributed by atoms with Crippen molar-refractivity contribution in [1.29, 1.82) is 0 Å². The first-order valence-corrected chi connectivity index (χ1v) is 10.8. The Morgan fingerprint density at radius 3 is 2.29 bits per heavy atom. The van der Waals surface area contributed by atoms with Crippen LogP contribution >= 0.6 is 0 Å². The number of rotatable bonds is 4. The van der Waals surface area contributed by atoms with Gasteiger partial charge in [-0.15, -0.1) is 0 Å². The molecular weight excluding hydrogens is 380 g/mol. The van der Waals surface area contributed by atoms with E-state index in [4.69, 9.17) is 4.74 Å². The fourth-order valence-corrected chi connectivity index (χ4v) is 3.94. The van der Waals surface area contributed by atoms with Gasteiger partial charge in [0.25, 0.3) is 0 Å². The van der Waals surface area contributed by atoms with E-state index in [2.05, 4.69) is 124 Å². The molecule has 0 saturated carbocycles. The van der Waals surface area contributed by atoms with Gasteiger partial charge in [0.2, 0.25) is 0 Å². The summed E-state index contributed by atoms with van der Waals surface area (Å²) in [6.45, 7) is 7.01. The van der Waals surface area contributed by atoms with E-state index in [1.165, 1.54) is 28.0 Å². The van der Waals surface area contributed by atoms with Gasteiger partial charge in [-0.25, -0.2) is 0 Å². The molecule has 158 valence electrons. The molecule has 0 atom stereocenters. The van der Waals surface area contributed by atoms with Gasteiger partial charge in [0.1, 0.15) is 11.4 Å². The van der Waals surface area contributed by atoms with Gasteiger partial charge in [-0.2, -0.15) is 0 Å². The maximum absolute atomic E-state index is 6.26. The van der Waals surface area contributed by atoms with Crippen LogP contribution in [0, 0.1) is 0 Å². The molecule has 2 aromatic carbocycles. The van der Waals surface area contributed by atoms with Crippen LogP contribution in [0.4, 0.5) is 5.69 Å². The molecule has 3 heteroatoms. The molecule has 1 heterocycles. The molecule has 31 heavy (non-hydrogen) atoms. The van der Waals surface area contributed by atoms with Gasteiger partial charge in [0, 0.05) is 31.9 Å². The van der Waals surface area contributed by atoms with E-state index in [1.807, 2.05) is 0 Å². The topological polar surface area (TPSA) is 24.8 Å². The second-order valence-electron chi connectivity index (χ2n) is 8.59. The van der Waals surface area contributed by atoms with E-state index in [9.17, 15) is 0 Å². The van der Waals surface area contributed by atoms with E-state index in [1.54, 1.807) is 0 Å². The summed E-state index contributed by atoms with van der Waals surface area (Å²) in [7, 11) is 4.13. The van der Waals surface area contributed by atoms with Crippen LogP contribution in [0.15, 0.2) is 83.4 Å². The SMILES string of the molecule is CCN=C1C=CC(=C(c2ccc(N(C)C)cc2)c2cccc3c2C=CC(C)(C)O3)C=C1. The number of aliphatic imine (C=N–C) groups is 1. The highest BCUT2D eigenvalue weighted by atomic mass is 16.5. The molecule has 0 amide bonds. The van der Waals surface area contributed by atoms with E-state index >= 15 is 0 Å². The Kier molecular flexibility index (Phi) is 5.69. The molecule has 0 aromatic heterocycles. The van der Waals surface area contributed by atoms with Crippen molar-refractivity contribution >= 4 is 23.0 Å². The normalized spacial score (nSPS) is 16.0. The van der Waals surface area contributed by atoms with Crippen LogP contribution in [0.2, 0.25) is 0 Å². The van der Waals surface area contributed by atoms with Crippen LogP contribution < -0.4 is 9.64 Å². The van der Waals surface area contributed by atoms with Crippen LogP contribution in [0.1, 0.15) is 37.5 Å². The molecule has 1 aliphatic heterocycles. The summed E-state index contributed by atoms with van der Waals surface area (Å²) in [5, 5.41) is 0. The first-order chi connectivity index (χ1) is 14.9. The summed E-state index contributed by atoms with van der Waals surface area (Å²) in [5.41, 5.74) is 7.71. The molecule has 0 fully saturated rings. The number of hydrogen-bond donors (Lipinski definition) is 0. The Bertz CT molecular complexity index is 1110. The van der Waals surface area contributed by atoms with Crippen LogP contribution in [0.3, 0.4) is 0 Å². The zero-order valence-electron chi connectivity index (χ0n) is 19.0. The molecule has 3 nitrogen and oxygen atoms in total. The van der Waals surface area contributed by atoms with Crippen LogP contribution in [0.25, 0.3) is 11.6 Å². The average molecular weight is 411 g/mol. The van der Waals surface area contributed by atoms with Crippen molar-refractivity contribution in [3.63, 3.8) is 0 Å². The van der Waals surface area contributed by atoms with Gasteiger partial charge in [0.05, 0.1) is 5.71 Å². The van der Waals surface area contributed by atoms with E-state index < -0.39 is 0 Å². The second-order valence-corrected chi connectivity index (χ2v) is 8.59. The zero-order valence-corrected chi connectivity index (χ0v) is 19.0. The molecule has 2 aromatic rings.